The van der Waals surface area contributed by atoms with Crippen LogP contribution in [-0.2, 0) is 0 Å². The van der Waals surface area contributed by atoms with Gasteiger partial charge in [0, 0.05) is 24.0 Å². The van der Waals surface area contributed by atoms with Crippen LogP contribution in [0.2, 0.25) is 0 Å². The first kappa shape index (κ1) is 9.65. The molecular formula is C12H10N4O. The van der Waals surface area contributed by atoms with E-state index in [9.17, 15) is 0 Å². The third kappa shape index (κ3) is 1.67. The number of rotatable bonds is 2. The van der Waals surface area contributed by atoms with Crippen LogP contribution >= 0.6 is 0 Å². The van der Waals surface area contributed by atoms with Crippen molar-refractivity contribution in [3.63, 3.8) is 0 Å². The summed E-state index contributed by atoms with van der Waals surface area (Å²) in [5, 5.41) is 7.89. The summed E-state index contributed by atoms with van der Waals surface area (Å²) in [5.41, 5.74) is 7.39. The lowest BCUT2D eigenvalue weighted by atomic mass is 10.1. The number of nitrogens with two attached hydrogens (primary N) is 1. The van der Waals surface area contributed by atoms with Gasteiger partial charge in [-0.3, -0.25) is 0 Å². The maximum absolute atomic E-state index is 5.56. The van der Waals surface area contributed by atoms with Gasteiger partial charge in [-0.1, -0.05) is 17.3 Å². The number of nitrogens with zero attached hydrogens (tertiary/aromatic N) is 3. The molecule has 0 aliphatic heterocycles. The Hall–Kier alpha value is -2.56. The summed E-state index contributed by atoms with van der Waals surface area (Å²) in [5.74, 6) is 1.00. The molecule has 5 nitrogen and oxygen atoms in total. The largest absolute Gasteiger partial charge is 0.381 e. The molecule has 0 fully saturated rings. The molecule has 0 saturated heterocycles. The van der Waals surface area contributed by atoms with Gasteiger partial charge in [-0.25, -0.2) is 4.68 Å². The van der Waals surface area contributed by atoms with Crippen molar-refractivity contribution in [3.05, 3.63) is 48.8 Å². The summed E-state index contributed by atoms with van der Waals surface area (Å²) in [6, 6.07) is 11.3. The van der Waals surface area contributed by atoms with Crippen LogP contribution in [0.25, 0.3) is 17.0 Å². The summed E-state index contributed by atoms with van der Waals surface area (Å²) in [6.07, 6.45) is 3.60. The fourth-order valence-corrected chi connectivity index (χ4v) is 1.71. The fraction of sp³-hybridized carbons (Fsp3) is 0. The highest BCUT2D eigenvalue weighted by Crippen LogP contribution is 2.27. The smallest absolute Gasteiger partial charge is 0.171 e. The summed E-state index contributed by atoms with van der Waals surface area (Å²) in [4.78, 5) is 0. The van der Waals surface area contributed by atoms with Gasteiger partial charge in [0.2, 0.25) is 0 Å². The van der Waals surface area contributed by atoms with E-state index in [0.717, 1.165) is 11.3 Å². The number of benzene rings is 1. The Kier molecular flexibility index (Phi) is 2.15. The first-order chi connectivity index (χ1) is 8.34. The van der Waals surface area contributed by atoms with Crippen LogP contribution in [0.3, 0.4) is 0 Å². The predicted octanol–water partition coefficient (Wildman–Crippen LogP) is 2.11. The van der Waals surface area contributed by atoms with Crippen molar-refractivity contribution in [2.24, 2.45) is 0 Å². The molecular weight excluding hydrogens is 216 g/mol. The summed E-state index contributed by atoms with van der Waals surface area (Å²) >= 11 is 0. The normalized spacial score (nSPS) is 10.6. The molecule has 0 atom stereocenters. The Labute approximate surface area is 97.5 Å². The minimum absolute atomic E-state index is 0.371. The van der Waals surface area contributed by atoms with E-state index < -0.39 is 0 Å². The van der Waals surface area contributed by atoms with Gasteiger partial charge >= 0.3 is 0 Å². The maximum atomic E-state index is 5.56. The van der Waals surface area contributed by atoms with Crippen LogP contribution in [0.5, 0.6) is 0 Å². The van der Waals surface area contributed by atoms with Crippen molar-refractivity contribution in [1.29, 1.82) is 0 Å². The molecule has 3 aromatic rings. The van der Waals surface area contributed by atoms with E-state index in [4.69, 9.17) is 10.3 Å². The maximum Gasteiger partial charge on any atom is 0.171 e. The Morgan fingerprint density at radius 1 is 1.18 bits per heavy atom. The molecule has 0 unspecified atom stereocenters. The van der Waals surface area contributed by atoms with Gasteiger partial charge < -0.3 is 10.3 Å². The van der Waals surface area contributed by atoms with Crippen LogP contribution < -0.4 is 5.73 Å². The highest BCUT2D eigenvalue weighted by atomic mass is 16.5. The molecule has 0 aliphatic carbocycles. The minimum Gasteiger partial charge on any atom is -0.381 e. The van der Waals surface area contributed by atoms with Gasteiger partial charge in [0.15, 0.2) is 11.6 Å². The zero-order valence-corrected chi connectivity index (χ0v) is 8.95. The van der Waals surface area contributed by atoms with Crippen molar-refractivity contribution in [3.8, 4) is 17.0 Å². The number of aromatic nitrogens is 3. The topological polar surface area (TPSA) is 69.9 Å². The Bertz CT molecular complexity index is 628. The molecule has 2 heterocycles. The molecule has 1 aromatic carbocycles. The van der Waals surface area contributed by atoms with Crippen molar-refractivity contribution < 1.29 is 4.52 Å². The number of hydrogen-bond donors (Lipinski definition) is 1. The SMILES string of the molecule is Nc1cc(-c2ccccc2-n2cccn2)on1. The van der Waals surface area contributed by atoms with Gasteiger partial charge in [-0.05, 0) is 18.2 Å². The molecule has 0 spiro atoms. The molecule has 0 radical (unpaired) electrons. The predicted molar refractivity (Wildman–Crippen MR) is 63.5 cm³/mol. The summed E-state index contributed by atoms with van der Waals surface area (Å²) in [6.45, 7) is 0. The van der Waals surface area contributed by atoms with E-state index in [0.29, 0.717) is 11.6 Å². The summed E-state index contributed by atoms with van der Waals surface area (Å²) in [7, 11) is 0. The van der Waals surface area contributed by atoms with Gasteiger partial charge in [-0.15, -0.1) is 0 Å². The van der Waals surface area contributed by atoms with E-state index in [2.05, 4.69) is 10.3 Å². The lowest BCUT2D eigenvalue weighted by Crippen LogP contribution is -1.96. The van der Waals surface area contributed by atoms with Crippen molar-refractivity contribution in [2.75, 3.05) is 5.73 Å². The number of nitrogen functional groups attached to an aromatic ring is 1. The van der Waals surface area contributed by atoms with Crippen LogP contribution in [-0.4, -0.2) is 14.9 Å². The Morgan fingerprint density at radius 3 is 2.76 bits per heavy atom. The zero-order chi connectivity index (χ0) is 11.7. The van der Waals surface area contributed by atoms with E-state index >= 15 is 0 Å². The second-order valence-electron chi connectivity index (χ2n) is 3.58. The van der Waals surface area contributed by atoms with Crippen molar-refractivity contribution in [1.82, 2.24) is 14.9 Å². The second kappa shape index (κ2) is 3.79. The lowest BCUT2D eigenvalue weighted by Gasteiger charge is -2.05. The second-order valence-corrected chi connectivity index (χ2v) is 3.58. The van der Waals surface area contributed by atoms with E-state index in [1.807, 2.05) is 36.5 Å². The molecule has 2 N–H and O–H groups in total. The third-order valence-corrected chi connectivity index (χ3v) is 2.45. The van der Waals surface area contributed by atoms with Crippen LogP contribution in [0.1, 0.15) is 0 Å². The molecule has 0 aliphatic rings. The Morgan fingerprint density at radius 2 is 2.06 bits per heavy atom. The van der Waals surface area contributed by atoms with Gasteiger partial charge in [0.1, 0.15) is 0 Å². The van der Waals surface area contributed by atoms with Gasteiger partial charge in [0.05, 0.1) is 5.69 Å². The quantitative estimate of drug-likeness (QED) is 0.726. The van der Waals surface area contributed by atoms with Crippen molar-refractivity contribution in [2.45, 2.75) is 0 Å². The Balaban J connectivity index is 2.17. The highest BCUT2D eigenvalue weighted by Gasteiger charge is 2.10. The number of anilines is 1. The molecule has 5 heteroatoms. The third-order valence-electron chi connectivity index (χ3n) is 2.45. The molecule has 0 bridgehead atoms. The monoisotopic (exact) mass is 226 g/mol. The molecule has 0 saturated carbocycles. The average Bonchev–Trinajstić information content (AvgIpc) is 3.00. The number of para-hydroxylation sites is 1. The van der Waals surface area contributed by atoms with E-state index in [-0.39, 0.29) is 0 Å². The van der Waals surface area contributed by atoms with E-state index in [1.54, 1.807) is 16.9 Å². The van der Waals surface area contributed by atoms with Crippen LogP contribution in [0.4, 0.5) is 5.82 Å². The molecule has 0 amide bonds. The molecule has 3 rings (SSSR count). The molecule has 84 valence electrons. The van der Waals surface area contributed by atoms with Gasteiger partial charge in [-0.2, -0.15) is 5.10 Å². The average molecular weight is 226 g/mol. The van der Waals surface area contributed by atoms with Crippen LogP contribution in [0.15, 0.2) is 53.3 Å². The molecule has 2 aromatic heterocycles. The minimum atomic E-state index is 0.371. The lowest BCUT2D eigenvalue weighted by molar-refractivity contribution is 0.435. The van der Waals surface area contributed by atoms with Crippen LogP contribution in [0, 0.1) is 0 Å². The highest BCUT2D eigenvalue weighted by molar-refractivity contribution is 5.69. The van der Waals surface area contributed by atoms with Gasteiger partial charge in [0.25, 0.3) is 0 Å². The molecule has 17 heavy (non-hydrogen) atoms. The summed E-state index contributed by atoms with van der Waals surface area (Å²) < 4.78 is 6.94. The first-order valence-electron chi connectivity index (χ1n) is 5.16. The van der Waals surface area contributed by atoms with E-state index in [1.165, 1.54) is 0 Å². The van der Waals surface area contributed by atoms with Crippen molar-refractivity contribution >= 4 is 5.82 Å². The standard InChI is InChI=1S/C12H10N4O/c13-12-8-11(17-15-12)9-4-1-2-5-10(9)16-7-3-6-14-16/h1-8H,(H2,13,15). The fourth-order valence-electron chi connectivity index (χ4n) is 1.71. The zero-order valence-electron chi connectivity index (χ0n) is 8.95. The number of hydrogen-bond acceptors (Lipinski definition) is 4. The first-order valence-corrected chi connectivity index (χ1v) is 5.16.